The van der Waals surface area contributed by atoms with Crippen molar-refractivity contribution >= 4 is 21.7 Å². The van der Waals surface area contributed by atoms with E-state index < -0.39 is 0 Å². The number of methoxy groups -OCH3 is 2. The Morgan fingerprint density at radius 3 is 2.43 bits per heavy atom. The minimum absolute atomic E-state index is 0.0895. The van der Waals surface area contributed by atoms with Gasteiger partial charge in [0.15, 0.2) is 17.3 Å². The second kappa shape index (κ2) is 7.27. The number of halogens is 1. The predicted molar refractivity (Wildman–Crippen MR) is 86.3 cm³/mol. The number of benzene rings is 2. The van der Waals surface area contributed by atoms with Crippen LogP contribution < -0.4 is 9.47 Å². The van der Waals surface area contributed by atoms with E-state index in [1.807, 2.05) is 24.3 Å². The quantitative estimate of drug-likeness (QED) is 0.730. The summed E-state index contributed by atoms with van der Waals surface area (Å²) in [5.74, 6) is 1.29. The van der Waals surface area contributed by atoms with Gasteiger partial charge in [-0.1, -0.05) is 34.1 Å². The molecular formula is C17H17BrO3. The Morgan fingerprint density at radius 1 is 1.05 bits per heavy atom. The number of carbonyl (C=O) groups is 1. The molecule has 2 aromatic rings. The first-order valence-electron chi connectivity index (χ1n) is 6.64. The number of ketones is 1. The van der Waals surface area contributed by atoms with Crippen molar-refractivity contribution in [1.82, 2.24) is 0 Å². The first kappa shape index (κ1) is 15.6. The van der Waals surface area contributed by atoms with E-state index in [0.717, 1.165) is 10.0 Å². The molecular weight excluding hydrogens is 332 g/mol. The van der Waals surface area contributed by atoms with Crippen LogP contribution in [0.5, 0.6) is 11.5 Å². The highest BCUT2D eigenvalue weighted by Crippen LogP contribution is 2.28. The van der Waals surface area contributed by atoms with Crippen LogP contribution in [0.3, 0.4) is 0 Å². The molecule has 0 amide bonds. The topological polar surface area (TPSA) is 35.5 Å². The molecule has 0 atom stereocenters. The summed E-state index contributed by atoms with van der Waals surface area (Å²) < 4.78 is 11.4. The van der Waals surface area contributed by atoms with E-state index in [9.17, 15) is 4.79 Å². The Morgan fingerprint density at radius 2 is 1.76 bits per heavy atom. The van der Waals surface area contributed by atoms with Crippen molar-refractivity contribution in [3.63, 3.8) is 0 Å². The summed E-state index contributed by atoms with van der Waals surface area (Å²) in [5.41, 5.74) is 1.77. The fourth-order valence-electron chi connectivity index (χ4n) is 2.10. The zero-order valence-corrected chi connectivity index (χ0v) is 13.6. The molecule has 0 aliphatic heterocycles. The molecule has 0 radical (unpaired) electrons. The van der Waals surface area contributed by atoms with Gasteiger partial charge in [-0.3, -0.25) is 4.79 Å². The van der Waals surface area contributed by atoms with Crippen LogP contribution in [0, 0.1) is 0 Å². The first-order chi connectivity index (χ1) is 10.2. The number of hydrogen-bond acceptors (Lipinski definition) is 3. The molecule has 0 aliphatic carbocycles. The van der Waals surface area contributed by atoms with Gasteiger partial charge in [0.05, 0.1) is 14.2 Å². The van der Waals surface area contributed by atoms with Gasteiger partial charge in [-0.15, -0.1) is 0 Å². The van der Waals surface area contributed by atoms with E-state index in [0.29, 0.717) is 29.9 Å². The normalized spacial score (nSPS) is 10.2. The Kier molecular flexibility index (Phi) is 5.39. The molecule has 110 valence electrons. The van der Waals surface area contributed by atoms with Crippen LogP contribution in [0.25, 0.3) is 0 Å². The maximum absolute atomic E-state index is 12.3. The highest BCUT2D eigenvalue weighted by molar-refractivity contribution is 9.10. The SMILES string of the molecule is COc1ccc(C(=O)CCc2ccccc2Br)cc1OC. The van der Waals surface area contributed by atoms with Crippen LogP contribution in [0.15, 0.2) is 46.9 Å². The lowest BCUT2D eigenvalue weighted by atomic mass is 10.0. The van der Waals surface area contributed by atoms with Crippen LogP contribution in [-0.4, -0.2) is 20.0 Å². The van der Waals surface area contributed by atoms with Gasteiger partial charge in [0.1, 0.15) is 0 Å². The monoisotopic (exact) mass is 348 g/mol. The molecule has 0 aliphatic rings. The Balaban J connectivity index is 2.09. The molecule has 0 heterocycles. The summed E-state index contributed by atoms with van der Waals surface area (Å²) in [4.78, 5) is 12.3. The van der Waals surface area contributed by atoms with Crippen LogP contribution in [0.2, 0.25) is 0 Å². The minimum atomic E-state index is 0.0895. The fraction of sp³-hybridized carbons (Fsp3) is 0.235. The molecule has 2 aromatic carbocycles. The number of aryl methyl sites for hydroxylation is 1. The first-order valence-corrected chi connectivity index (χ1v) is 7.43. The van der Waals surface area contributed by atoms with Gasteiger partial charge in [-0.05, 0) is 36.2 Å². The maximum Gasteiger partial charge on any atom is 0.163 e. The molecule has 0 bridgehead atoms. The van der Waals surface area contributed by atoms with Gasteiger partial charge in [-0.25, -0.2) is 0 Å². The molecule has 2 rings (SSSR count). The van der Waals surface area contributed by atoms with E-state index in [4.69, 9.17) is 9.47 Å². The van der Waals surface area contributed by atoms with E-state index in [1.165, 1.54) is 0 Å². The lowest BCUT2D eigenvalue weighted by Gasteiger charge is -2.09. The largest absolute Gasteiger partial charge is 0.493 e. The minimum Gasteiger partial charge on any atom is -0.493 e. The Hall–Kier alpha value is -1.81. The molecule has 4 heteroatoms. The molecule has 0 saturated heterocycles. The third-order valence-electron chi connectivity index (χ3n) is 3.28. The summed E-state index contributed by atoms with van der Waals surface area (Å²) >= 11 is 3.50. The van der Waals surface area contributed by atoms with E-state index in [1.54, 1.807) is 32.4 Å². The number of carbonyl (C=O) groups excluding carboxylic acids is 1. The maximum atomic E-state index is 12.3. The third-order valence-corrected chi connectivity index (χ3v) is 4.06. The van der Waals surface area contributed by atoms with Crippen molar-refractivity contribution in [2.75, 3.05) is 14.2 Å². The molecule has 0 spiro atoms. The average Bonchev–Trinajstić information content (AvgIpc) is 2.53. The average molecular weight is 349 g/mol. The lowest BCUT2D eigenvalue weighted by molar-refractivity contribution is 0.0982. The fourth-order valence-corrected chi connectivity index (χ4v) is 2.59. The van der Waals surface area contributed by atoms with Crippen molar-refractivity contribution in [3.05, 3.63) is 58.1 Å². The summed E-state index contributed by atoms with van der Waals surface area (Å²) in [6.45, 7) is 0. The third kappa shape index (κ3) is 3.85. The van der Waals surface area contributed by atoms with Crippen molar-refractivity contribution in [2.45, 2.75) is 12.8 Å². The molecule has 3 nitrogen and oxygen atoms in total. The zero-order chi connectivity index (χ0) is 15.2. The van der Waals surface area contributed by atoms with Gasteiger partial charge < -0.3 is 9.47 Å². The molecule has 0 aromatic heterocycles. The van der Waals surface area contributed by atoms with Crippen molar-refractivity contribution in [1.29, 1.82) is 0 Å². The van der Waals surface area contributed by atoms with Crippen molar-refractivity contribution in [2.24, 2.45) is 0 Å². The number of hydrogen-bond donors (Lipinski definition) is 0. The predicted octanol–water partition coefficient (Wildman–Crippen LogP) is 4.28. The summed E-state index contributed by atoms with van der Waals surface area (Å²) in [5, 5.41) is 0. The Bertz CT molecular complexity index is 638. The van der Waals surface area contributed by atoms with E-state index >= 15 is 0 Å². The standard InChI is InChI=1S/C17H17BrO3/c1-20-16-10-8-13(11-17(16)21-2)15(19)9-7-12-5-3-4-6-14(12)18/h3-6,8,10-11H,7,9H2,1-2H3. The number of Topliss-reactive ketones (excluding diaryl/α,β-unsaturated/α-hetero) is 1. The Labute approximate surface area is 133 Å². The van der Waals surface area contributed by atoms with Crippen molar-refractivity contribution in [3.8, 4) is 11.5 Å². The van der Waals surface area contributed by atoms with Gasteiger partial charge in [0.2, 0.25) is 0 Å². The van der Waals surface area contributed by atoms with Crippen LogP contribution >= 0.6 is 15.9 Å². The summed E-state index contributed by atoms with van der Waals surface area (Å²) in [7, 11) is 3.14. The highest BCUT2D eigenvalue weighted by Gasteiger charge is 2.11. The van der Waals surface area contributed by atoms with Gasteiger partial charge in [0.25, 0.3) is 0 Å². The second-order valence-electron chi connectivity index (χ2n) is 4.58. The number of ether oxygens (including phenoxy) is 2. The van der Waals surface area contributed by atoms with Crippen LogP contribution in [0.1, 0.15) is 22.3 Å². The van der Waals surface area contributed by atoms with Crippen molar-refractivity contribution < 1.29 is 14.3 Å². The molecule has 0 N–H and O–H groups in total. The summed E-state index contributed by atoms with van der Waals surface area (Å²) in [6, 6.07) is 13.2. The summed E-state index contributed by atoms with van der Waals surface area (Å²) in [6.07, 6.45) is 1.16. The highest BCUT2D eigenvalue weighted by atomic mass is 79.9. The number of rotatable bonds is 6. The lowest BCUT2D eigenvalue weighted by Crippen LogP contribution is -2.02. The van der Waals surface area contributed by atoms with Gasteiger partial charge in [-0.2, -0.15) is 0 Å². The molecule has 0 fully saturated rings. The molecule has 0 unspecified atom stereocenters. The molecule has 0 saturated carbocycles. The smallest absolute Gasteiger partial charge is 0.163 e. The van der Waals surface area contributed by atoms with E-state index in [2.05, 4.69) is 15.9 Å². The molecule has 21 heavy (non-hydrogen) atoms. The zero-order valence-electron chi connectivity index (χ0n) is 12.1. The van der Waals surface area contributed by atoms with Gasteiger partial charge >= 0.3 is 0 Å². The van der Waals surface area contributed by atoms with Crippen LogP contribution in [-0.2, 0) is 6.42 Å². The van der Waals surface area contributed by atoms with Crippen LogP contribution in [0.4, 0.5) is 0 Å². The van der Waals surface area contributed by atoms with E-state index in [-0.39, 0.29) is 5.78 Å². The van der Waals surface area contributed by atoms with Gasteiger partial charge in [0, 0.05) is 16.5 Å². The second-order valence-corrected chi connectivity index (χ2v) is 5.44.